The van der Waals surface area contributed by atoms with E-state index in [-0.39, 0.29) is 17.4 Å². The van der Waals surface area contributed by atoms with Crippen LogP contribution in [0.25, 0.3) is 0 Å². The Balaban J connectivity index is 2.01. The van der Waals surface area contributed by atoms with Gasteiger partial charge >= 0.3 is 10.4 Å². The van der Waals surface area contributed by atoms with E-state index in [9.17, 15) is 13.5 Å². The lowest BCUT2D eigenvalue weighted by atomic mass is 9.88. The molecule has 6 nitrogen and oxygen atoms in total. The van der Waals surface area contributed by atoms with Gasteiger partial charge in [-0.15, -0.1) is 5.75 Å². The molecule has 1 atom stereocenters. The molecule has 1 heterocycles. The molecule has 0 bridgehead atoms. The number of aromatic nitrogens is 1. The molecule has 0 saturated carbocycles. The van der Waals surface area contributed by atoms with Crippen LogP contribution in [0, 0.1) is 0 Å². The maximum Gasteiger partial charge on any atom is 0.446 e. The number of pyridine rings is 1. The Bertz CT molecular complexity index is 939. The van der Waals surface area contributed by atoms with Crippen molar-refractivity contribution >= 4 is 10.4 Å². The second kappa shape index (κ2) is 6.92. The van der Waals surface area contributed by atoms with Gasteiger partial charge in [-0.05, 0) is 35.4 Å². The predicted molar refractivity (Wildman–Crippen MR) is 89.7 cm³/mol. The van der Waals surface area contributed by atoms with E-state index in [0.29, 0.717) is 0 Å². The van der Waals surface area contributed by atoms with E-state index in [1.807, 2.05) is 18.2 Å². The summed E-state index contributed by atoms with van der Waals surface area (Å²) in [7, 11) is -4.57. The van der Waals surface area contributed by atoms with Gasteiger partial charge in [0.15, 0.2) is 0 Å². The molecule has 3 rings (SSSR count). The fourth-order valence-corrected chi connectivity index (χ4v) is 2.93. The molecule has 0 aliphatic carbocycles. The zero-order valence-corrected chi connectivity index (χ0v) is 13.8. The van der Waals surface area contributed by atoms with E-state index in [1.54, 1.807) is 30.5 Å². The summed E-state index contributed by atoms with van der Waals surface area (Å²) in [5, 5.41) is 11.4. The standard InChI is InChI=1S/C18H15NO5S/c20-15-8-4-13(5-9-15)18(17-3-1-2-12-19-17)14-6-10-16(11-7-14)24-25(21,22)23/h1-12,18,20H,(H,21,22,23)/p-1. The first-order chi connectivity index (χ1) is 11.9. The third kappa shape index (κ3) is 4.34. The summed E-state index contributed by atoms with van der Waals surface area (Å²) in [6.45, 7) is 0. The number of hydrogen-bond acceptors (Lipinski definition) is 5. The molecule has 0 saturated heterocycles. The van der Waals surface area contributed by atoms with Gasteiger partial charge in [0.05, 0.1) is 11.6 Å². The highest BCUT2D eigenvalue weighted by molar-refractivity contribution is 7.81. The zero-order chi connectivity index (χ0) is 17.9. The minimum atomic E-state index is -4.57. The Morgan fingerprint density at radius 3 is 2.04 bits per heavy atom. The van der Waals surface area contributed by atoms with Crippen LogP contribution in [0.3, 0.4) is 0 Å². The molecule has 0 fully saturated rings. The van der Waals surface area contributed by atoms with Gasteiger partial charge in [0.2, 0.25) is 0 Å². The van der Waals surface area contributed by atoms with Crippen molar-refractivity contribution in [3.05, 3.63) is 89.7 Å². The number of benzene rings is 2. The van der Waals surface area contributed by atoms with Crippen molar-refractivity contribution in [2.24, 2.45) is 0 Å². The molecule has 1 N–H and O–H groups in total. The molecule has 2 aromatic carbocycles. The van der Waals surface area contributed by atoms with E-state index < -0.39 is 10.4 Å². The molecule has 1 unspecified atom stereocenters. The largest absolute Gasteiger partial charge is 0.872 e. The summed E-state index contributed by atoms with van der Waals surface area (Å²) in [6, 6.07) is 18.3. The van der Waals surface area contributed by atoms with E-state index in [1.165, 1.54) is 24.3 Å². The second-order valence-electron chi connectivity index (χ2n) is 5.34. The number of nitrogens with zero attached hydrogens (tertiary/aromatic N) is 1. The van der Waals surface area contributed by atoms with Gasteiger partial charge in [-0.1, -0.05) is 42.5 Å². The molecule has 0 aliphatic heterocycles. The monoisotopic (exact) mass is 356 g/mol. The Labute approximate surface area is 145 Å². The van der Waals surface area contributed by atoms with Crippen molar-refractivity contribution in [2.45, 2.75) is 5.92 Å². The Morgan fingerprint density at radius 1 is 0.920 bits per heavy atom. The molecule has 0 amide bonds. The topological polar surface area (TPSA) is 99.6 Å². The lowest BCUT2D eigenvalue weighted by Gasteiger charge is -2.19. The molecular weight excluding hydrogens is 342 g/mol. The molecule has 0 aliphatic rings. The van der Waals surface area contributed by atoms with Gasteiger partial charge in [0.25, 0.3) is 0 Å². The molecule has 3 aromatic rings. The minimum Gasteiger partial charge on any atom is -0.872 e. The van der Waals surface area contributed by atoms with Crippen LogP contribution >= 0.6 is 0 Å². The SMILES string of the molecule is O=S(=O)(O)Oc1ccc(C(c2ccc([O-])cc2)c2ccccn2)cc1. The van der Waals surface area contributed by atoms with E-state index in [4.69, 9.17) is 4.55 Å². The predicted octanol–water partition coefficient (Wildman–Crippen LogP) is 2.52. The van der Waals surface area contributed by atoms with Crippen molar-refractivity contribution in [3.8, 4) is 11.5 Å². The molecule has 0 spiro atoms. The van der Waals surface area contributed by atoms with Crippen LogP contribution in [0.5, 0.6) is 11.5 Å². The van der Waals surface area contributed by atoms with Crippen LogP contribution in [0.2, 0.25) is 0 Å². The van der Waals surface area contributed by atoms with Crippen molar-refractivity contribution in [1.29, 1.82) is 0 Å². The first kappa shape index (κ1) is 16.9. The van der Waals surface area contributed by atoms with Crippen LogP contribution < -0.4 is 9.29 Å². The number of hydrogen-bond donors (Lipinski definition) is 1. The molecule has 1 aromatic heterocycles. The van der Waals surface area contributed by atoms with Gasteiger partial charge in [-0.25, -0.2) is 0 Å². The molecule has 128 valence electrons. The Kier molecular flexibility index (Phi) is 4.69. The molecule has 0 radical (unpaired) electrons. The van der Waals surface area contributed by atoms with Crippen LogP contribution in [-0.4, -0.2) is 18.0 Å². The lowest BCUT2D eigenvalue weighted by molar-refractivity contribution is -0.268. The quantitative estimate of drug-likeness (QED) is 0.705. The van der Waals surface area contributed by atoms with Gasteiger partial charge in [-0.3, -0.25) is 9.54 Å². The maximum absolute atomic E-state index is 11.4. The summed E-state index contributed by atoms with van der Waals surface area (Å²) in [6.07, 6.45) is 1.68. The normalized spacial score (nSPS) is 12.5. The highest BCUT2D eigenvalue weighted by Crippen LogP contribution is 2.32. The summed E-state index contributed by atoms with van der Waals surface area (Å²) < 4.78 is 34.8. The highest BCUT2D eigenvalue weighted by atomic mass is 32.3. The summed E-state index contributed by atoms with van der Waals surface area (Å²) in [5.41, 5.74) is 2.49. The van der Waals surface area contributed by atoms with Crippen molar-refractivity contribution in [2.75, 3.05) is 0 Å². The highest BCUT2D eigenvalue weighted by Gasteiger charge is 2.18. The average Bonchev–Trinajstić information content (AvgIpc) is 2.58. The first-order valence-electron chi connectivity index (χ1n) is 7.37. The molecule has 25 heavy (non-hydrogen) atoms. The van der Waals surface area contributed by atoms with Crippen LogP contribution in [-0.2, 0) is 10.4 Å². The molecule has 7 heteroatoms. The molecular formula is C18H14NO5S-. The van der Waals surface area contributed by atoms with Crippen molar-refractivity contribution in [3.63, 3.8) is 0 Å². The minimum absolute atomic E-state index is 0.000858. The van der Waals surface area contributed by atoms with Gasteiger partial charge < -0.3 is 9.29 Å². The third-order valence-corrected chi connectivity index (χ3v) is 4.02. The van der Waals surface area contributed by atoms with Crippen molar-refractivity contribution < 1.29 is 22.3 Å². The van der Waals surface area contributed by atoms with Gasteiger partial charge in [-0.2, -0.15) is 8.42 Å². The maximum atomic E-state index is 11.4. The second-order valence-corrected chi connectivity index (χ2v) is 6.36. The van der Waals surface area contributed by atoms with Crippen molar-refractivity contribution in [1.82, 2.24) is 4.98 Å². The van der Waals surface area contributed by atoms with E-state index >= 15 is 0 Å². The third-order valence-electron chi connectivity index (χ3n) is 3.61. The fourth-order valence-electron chi connectivity index (χ4n) is 2.58. The Morgan fingerprint density at radius 2 is 1.52 bits per heavy atom. The summed E-state index contributed by atoms with van der Waals surface area (Å²) in [4.78, 5) is 4.39. The van der Waals surface area contributed by atoms with E-state index in [0.717, 1.165) is 16.8 Å². The zero-order valence-electron chi connectivity index (χ0n) is 12.9. The average molecular weight is 356 g/mol. The summed E-state index contributed by atoms with van der Waals surface area (Å²) in [5.74, 6) is -0.317. The lowest BCUT2D eigenvalue weighted by Crippen LogP contribution is -2.08. The van der Waals surface area contributed by atoms with Gasteiger partial charge in [0.1, 0.15) is 5.75 Å². The Hall–Kier alpha value is -2.90. The van der Waals surface area contributed by atoms with Crippen LogP contribution in [0.15, 0.2) is 72.9 Å². The fraction of sp³-hybridized carbons (Fsp3) is 0.0556. The van der Waals surface area contributed by atoms with Crippen LogP contribution in [0.4, 0.5) is 0 Å². The van der Waals surface area contributed by atoms with E-state index in [2.05, 4.69) is 9.17 Å². The number of rotatable bonds is 5. The van der Waals surface area contributed by atoms with Crippen LogP contribution in [0.1, 0.15) is 22.7 Å². The van der Waals surface area contributed by atoms with Gasteiger partial charge in [0, 0.05) is 6.20 Å². The first-order valence-corrected chi connectivity index (χ1v) is 8.74. The summed E-state index contributed by atoms with van der Waals surface area (Å²) >= 11 is 0. The smallest absolute Gasteiger partial charge is 0.446 e.